The zero-order valence-electron chi connectivity index (χ0n) is 13.7. The van der Waals surface area contributed by atoms with E-state index in [-0.39, 0.29) is 5.97 Å². The van der Waals surface area contributed by atoms with Crippen LogP contribution in [0.1, 0.15) is 29.5 Å². The lowest BCUT2D eigenvalue weighted by Gasteiger charge is -2.04. The van der Waals surface area contributed by atoms with E-state index in [1.807, 2.05) is 24.3 Å². The molecule has 0 saturated heterocycles. The predicted octanol–water partition coefficient (Wildman–Crippen LogP) is 3.50. The van der Waals surface area contributed by atoms with Crippen LogP contribution in [0, 0.1) is 0 Å². The first-order valence-corrected chi connectivity index (χ1v) is 8.10. The summed E-state index contributed by atoms with van der Waals surface area (Å²) < 4.78 is 9.39. The van der Waals surface area contributed by atoms with Crippen molar-refractivity contribution >= 4 is 17.0 Å². The molecule has 1 aromatic heterocycles. The molecule has 0 radical (unpaired) electrons. The maximum atomic E-state index is 11.2. The number of rotatable bonds is 7. The summed E-state index contributed by atoms with van der Waals surface area (Å²) in [4.78, 5) is 11.2. The molecular weight excluding hydrogens is 304 g/mol. The lowest BCUT2D eigenvalue weighted by atomic mass is 10.0. The minimum Gasteiger partial charge on any atom is -0.469 e. The number of methoxy groups -OCH3 is 1. The summed E-state index contributed by atoms with van der Waals surface area (Å²) in [6.07, 6.45) is 4.61. The van der Waals surface area contributed by atoms with Crippen LogP contribution in [-0.2, 0) is 28.8 Å². The Hall–Kier alpha value is -2.69. The first-order valence-electron chi connectivity index (χ1n) is 8.10. The molecule has 2 aromatic carbocycles. The van der Waals surface area contributed by atoms with Gasteiger partial charge in [-0.15, -0.1) is 0 Å². The number of ether oxygens (including phenoxy) is 1. The van der Waals surface area contributed by atoms with Gasteiger partial charge in [-0.05, 0) is 64.8 Å². The van der Waals surface area contributed by atoms with Crippen molar-refractivity contribution in [1.29, 1.82) is 0 Å². The number of carbonyl (C=O) groups is 1. The first kappa shape index (κ1) is 16.2. The van der Waals surface area contributed by atoms with Crippen LogP contribution < -0.4 is 0 Å². The fourth-order valence-electron chi connectivity index (χ4n) is 2.70. The van der Waals surface area contributed by atoms with Gasteiger partial charge < -0.3 is 4.74 Å². The smallest absolute Gasteiger partial charge is 0.309 e. The molecule has 24 heavy (non-hydrogen) atoms. The van der Waals surface area contributed by atoms with Crippen LogP contribution >= 0.6 is 0 Å². The molecule has 5 nitrogen and oxygen atoms in total. The van der Waals surface area contributed by atoms with Gasteiger partial charge in [0.25, 0.3) is 0 Å². The van der Waals surface area contributed by atoms with E-state index in [2.05, 4.69) is 33.2 Å². The van der Waals surface area contributed by atoms with Gasteiger partial charge in [-0.3, -0.25) is 4.79 Å². The van der Waals surface area contributed by atoms with Crippen molar-refractivity contribution in [2.45, 2.75) is 32.1 Å². The Bertz CT molecular complexity index is 809. The van der Waals surface area contributed by atoms with Crippen LogP contribution in [0.2, 0.25) is 0 Å². The first-order chi connectivity index (χ1) is 11.7. The molecule has 0 aliphatic carbocycles. The molecule has 0 amide bonds. The summed E-state index contributed by atoms with van der Waals surface area (Å²) in [6.45, 7) is 0. The molecule has 0 aliphatic rings. The van der Waals surface area contributed by atoms with Crippen molar-refractivity contribution in [3.8, 4) is 0 Å². The minimum atomic E-state index is -0.206. The summed E-state index contributed by atoms with van der Waals surface area (Å²) in [5.41, 5.74) is 5.14. The number of hydrogen-bond acceptors (Lipinski definition) is 5. The summed E-state index contributed by atoms with van der Waals surface area (Å²) in [5.74, 6) is -0.206. The third-order valence-electron chi connectivity index (χ3n) is 4.10. The molecule has 0 aliphatic heterocycles. The lowest BCUT2D eigenvalue weighted by Crippen LogP contribution is -2.04. The normalized spacial score (nSPS) is 10.9. The average molecular weight is 324 g/mol. The largest absolute Gasteiger partial charge is 0.469 e. The Kier molecular flexibility index (Phi) is 5.21. The van der Waals surface area contributed by atoms with Crippen LogP contribution in [-0.4, -0.2) is 23.4 Å². The molecule has 5 heteroatoms. The molecule has 0 atom stereocenters. The van der Waals surface area contributed by atoms with Gasteiger partial charge in [-0.25, -0.2) is 4.63 Å². The fourth-order valence-corrected chi connectivity index (χ4v) is 2.70. The SMILES string of the molecule is COC(=O)Cc1ccc(CCCCc2ccc3nonc3c2)cc1. The number of aromatic nitrogens is 2. The average Bonchev–Trinajstić information content (AvgIpc) is 3.07. The Morgan fingerprint density at radius 2 is 1.54 bits per heavy atom. The predicted molar refractivity (Wildman–Crippen MR) is 90.6 cm³/mol. The molecule has 0 fully saturated rings. The maximum Gasteiger partial charge on any atom is 0.309 e. The quantitative estimate of drug-likeness (QED) is 0.491. The molecule has 0 saturated carbocycles. The van der Waals surface area contributed by atoms with Crippen LogP contribution in [0.25, 0.3) is 11.0 Å². The number of nitrogens with zero attached hydrogens (tertiary/aromatic N) is 2. The maximum absolute atomic E-state index is 11.2. The van der Waals surface area contributed by atoms with E-state index in [1.165, 1.54) is 18.2 Å². The Morgan fingerprint density at radius 1 is 0.917 bits per heavy atom. The molecule has 124 valence electrons. The third kappa shape index (κ3) is 4.19. The highest BCUT2D eigenvalue weighted by molar-refractivity contribution is 5.73. The Balaban J connectivity index is 1.45. The lowest BCUT2D eigenvalue weighted by molar-refractivity contribution is -0.139. The van der Waals surface area contributed by atoms with Gasteiger partial charge in [0.15, 0.2) is 0 Å². The number of aryl methyl sites for hydroxylation is 2. The second-order valence-electron chi connectivity index (χ2n) is 5.86. The number of fused-ring (bicyclic) bond motifs is 1. The van der Waals surface area contributed by atoms with Crippen molar-refractivity contribution in [3.63, 3.8) is 0 Å². The topological polar surface area (TPSA) is 65.2 Å². The number of carbonyl (C=O) groups excluding carboxylic acids is 1. The molecule has 3 aromatic rings. The monoisotopic (exact) mass is 324 g/mol. The van der Waals surface area contributed by atoms with E-state index in [4.69, 9.17) is 4.63 Å². The highest BCUT2D eigenvalue weighted by atomic mass is 16.6. The summed E-state index contributed by atoms with van der Waals surface area (Å²) in [6, 6.07) is 14.2. The van der Waals surface area contributed by atoms with Crippen LogP contribution in [0.3, 0.4) is 0 Å². The summed E-state index contributed by atoms with van der Waals surface area (Å²) in [7, 11) is 1.41. The molecule has 0 bridgehead atoms. The summed E-state index contributed by atoms with van der Waals surface area (Å²) in [5, 5.41) is 7.68. The van der Waals surface area contributed by atoms with Crippen molar-refractivity contribution in [3.05, 3.63) is 59.2 Å². The Morgan fingerprint density at radius 3 is 2.29 bits per heavy atom. The van der Waals surface area contributed by atoms with E-state index >= 15 is 0 Å². The zero-order valence-corrected chi connectivity index (χ0v) is 13.7. The van der Waals surface area contributed by atoms with E-state index in [1.54, 1.807) is 0 Å². The summed E-state index contributed by atoms with van der Waals surface area (Å²) >= 11 is 0. The van der Waals surface area contributed by atoms with E-state index in [0.717, 1.165) is 42.3 Å². The molecule has 0 N–H and O–H groups in total. The van der Waals surface area contributed by atoms with Crippen molar-refractivity contribution in [1.82, 2.24) is 10.3 Å². The van der Waals surface area contributed by atoms with Gasteiger partial charge in [0.2, 0.25) is 0 Å². The van der Waals surface area contributed by atoms with Crippen LogP contribution in [0.15, 0.2) is 47.1 Å². The van der Waals surface area contributed by atoms with E-state index in [0.29, 0.717) is 6.42 Å². The van der Waals surface area contributed by atoms with Crippen LogP contribution in [0.4, 0.5) is 0 Å². The van der Waals surface area contributed by atoms with Gasteiger partial charge >= 0.3 is 5.97 Å². The molecule has 0 spiro atoms. The number of hydrogen-bond donors (Lipinski definition) is 0. The second kappa shape index (κ2) is 7.73. The van der Waals surface area contributed by atoms with E-state index in [9.17, 15) is 4.79 Å². The highest BCUT2D eigenvalue weighted by Gasteiger charge is 2.04. The molecular formula is C19H20N2O3. The van der Waals surface area contributed by atoms with E-state index < -0.39 is 0 Å². The van der Waals surface area contributed by atoms with Gasteiger partial charge in [0.05, 0.1) is 13.5 Å². The second-order valence-corrected chi connectivity index (χ2v) is 5.86. The standard InChI is InChI=1S/C19H20N2O3/c1-23-19(22)13-16-8-6-14(7-9-16)4-2-3-5-15-10-11-17-18(12-15)21-24-20-17/h6-12H,2-5,13H2,1H3. The van der Waals surface area contributed by atoms with Crippen LogP contribution in [0.5, 0.6) is 0 Å². The van der Waals surface area contributed by atoms with Gasteiger partial charge in [0, 0.05) is 0 Å². The van der Waals surface area contributed by atoms with Gasteiger partial charge in [-0.2, -0.15) is 0 Å². The van der Waals surface area contributed by atoms with Crippen molar-refractivity contribution in [2.75, 3.05) is 7.11 Å². The highest BCUT2D eigenvalue weighted by Crippen LogP contribution is 2.15. The number of benzene rings is 2. The van der Waals surface area contributed by atoms with Crippen molar-refractivity contribution in [2.24, 2.45) is 0 Å². The zero-order chi connectivity index (χ0) is 16.8. The number of esters is 1. The van der Waals surface area contributed by atoms with Crippen molar-refractivity contribution < 1.29 is 14.2 Å². The fraction of sp³-hybridized carbons (Fsp3) is 0.316. The Labute approximate surface area is 140 Å². The number of unbranched alkanes of at least 4 members (excludes halogenated alkanes) is 1. The third-order valence-corrected chi connectivity index (χ3v) is 4.10. The minimum absolute atomic E-state index is 0.206. The van der Waals surface area contributed by atoms with Gasteiger partial charge in [-0.1, -0.05) is 30.3 Å². The molecule has 1 heterocycles. The molecule has 0 unspecified atom stereocenters. The molecule has 3 rings (SSSR count). The van der Waals surface area contributed by atoms with Gasteiger partial charge in [0.1, 0.15) is 11.0 Å².